The topological polar surface area (TPSA) is 72.0 Å². The first-order valence-corrected chi connectivity index (χ1v) is 8.13. The van der Waals surface area contributed by atoms with Crippen LogP contribution in [0.1, 0.15) is 11.1 Å². The molecule has 4 nitrogen and oxygen atoms in total. The molecule has 0 atom stereocenters. The molecule has 0 bridgehead atoms. The smallest absolute Gasteiger partial charge is 0.133 e. The highest BCUT2D eigenvalue weighted by Crippen LogP contribution is 2.33. The van der Waals surface area contributed by atoms with Crippen LogP contribution in [0.25, 0.3) is 11.1 Å². The van der Waals surface area contributed by atoms with Gasteiger partial charge in [-0.25, -0.2) is 4.98 Å². The van der Waals surface area contributed by atoms with Crippen LogP contribution >= 0.6 is 22.9 Å². The molecular weight excluding hydrogens is 330 g/mol. The zero-order chi connectivity index (χ0) is 16.4. The van der Waals surface area contributed by atoms with Gasteiger partial charge in [-0.3, -0.25) is 5.41 Å². The quantitative estimate of drug-likeness (QED) is 0.686. The molecule has 0 aliphatic carbocycles. The summed E-state index contributed by atoms with van der Waals surface area (Å²) in [6.07, 6.45) is 1.65. The predicted molar refractivity (Wildman–Crippen MR) is 95.9 cm³/mol. The van der Waals surface area contributed by atoms with E-state index in [2.05, 4.69) is 4.98 Å². The molecule has 1 aromatic carbocycles. The summed E-state index contributed by atoms with van der Waals surface area (Å²) in [7, 11) is 1.55. The van der Waals surface area contributed by atoms with Crippen LogP contribution in [-0.4, -0.2) is 17.8 Å². The maximum Gasteiger partial charge on any atom is 0.133 e. The van der Waals surface area contributed by atoms with E-state index in [-0.39, 0.29) is 5.71 Å². The molecule has 2 aromatic heterocycles. The molecule has 0 fully saturated rings. The highest BCUT2D eigenvalue weighted by atomic mass is 35.5. The number of hydrogen-bond acceptors (Lipinski definition) is 5. The van der Waals surface area contributed by atoms with Gasteiger partial charge < -0.3 is 10.5 Å². The van der Waals surface area contributed by atoms with Crippen LogP contribution in [0.4, 0.5) is 5.82 Å². The Morgan fingerprint density at radius 1 is 1.30 bits per heavy atom. The zero-order valence-electron chi connectivity index (χ0n) is 12.3. The van der Waals surface area contributed by atoms with E-state index >= 15 is 0 Å². The summed E-state index contributed by atoms with van der Waals surface area (Å²) in [5.74, 6) is 0.845. The van der Waals surface area contributed by atoms with Crippen molar-refractivity contribution in [2.75, 3.05) is 12.8 Å². The Kier molecular flexibility index (Phi) is 4.32. The Labute approximate surface area is 143 Å². The van der Waals surface area contributed by atoms with E-state index in [0.717, 1.165) is 11.1 Å². The van der Waals surface area contributed by atoms with E-state index in [0.29, 0.717) is 27.7 Å². The summed E-state index contributed by atoms with van der Waals surface area (Å²) < 4.78 is 5.35. The number of nitrogens with zero attached hydrogens (tertiary/aromatic N) is 1. The number of benzene rings is 1. The maximum absolute atomic E-state index is 8.63. The summed E-state index contributed by atoms with van der Waals surface area (Å²) in [6, 6.07) is 9.03. The maximum atomic E-state index is 8.63. The Balaban J connectivity index is 2.18. The second kappa shape index (κ2) is 6.40. The number of anilines is 1. The van der Waals surface area contributed by atoms with Gasteiger partial charge in [-0.05, 0) is 52.2 Å². The Bertz CT molecular complexity index is 862. The number of nitrogens with two attached hydrogens (primary N) is 1. The van der Waals surface area contributed by atoms with Crippen LogP contribution < -0.4 is 10.5 Å². The van der Waals surface area contributed by atoms with Crippen molar-refractivity contribution in [3.05, 3.63) is 63.4 Å². The van der Waals surface area contributed by atoms with Crippen LogP contribution in [0.2, 0.25) is 5.02 Å². The summed E-state index contributed by atoms with van der Waals surface area (Å²) in [5.41, 5.74) is 9.42. The molecule has 0 spiro atoms. The molecule has 0 saturated carbocycles. The third kappa shape index (κ3) is 2.93. The Morgan fingerprint density at radius 2 is 2.13 bits per heavy atom. The highest BCUT2D eigenvalue weighted by molar-refractivity contribution is 7.08. The third-order valence-electron chi connectivity index (χ3n) is 3.50. The van der Waals surface area contributed by atoms with Crippen molar-refractivity contribution in [3.63, 3.8) is 0 Å². The van der Waals surface area contributed by atoms with E-state index in [9.17, 15) is 0 Å². The average Bonchev–Trinajstić information content (AvgIpc) is 3.08. The van der Waals surface area contributed by atoms with Gasteiger partial charge in [0.1, 0.15) is 11.6 Å². The first-order valence-electron chi connectivity index (χ1n) is 6.81. The molecular formula is C17H14ClN3OS. The molecule has 0 aliphatic rings. The lowest BCUT2D eigenvalue weighted by molar-refractivity contribution is 0.414. The molecule has 0 unspecified atom stereocenters. The number of pyridine rings is 1. The molecule has 0 aliphatic heterocycles. The SMILES string of the molecule is COc1cc(Cl)ccc1C(=N)c1c(-c2ccsc2)ccnc1N. The lowest BCUT2D eigenvalue weighted by atomic mass is 9.95. The molecule has 3 aromatic rings. The number of ether oxygens (including phenoxy) is 1. The van der Waals surface area contributed by atoms with Gasteiger partial charge in [0, 0.05) is 16.8 Å². The van der Waals surface area contributed by atoms with Gasteiger partial charge in [0.25, 0.3) is 0 Å². The minimum Gasteiger partial charge on any atom is -0.496 e. The zero-order valence-corrected chi connectivity index (χ0v) is 13.9. The van der Waals surface area contributed by atoms with E-state index in [1.165, 1.54) is 0 Å². The predicted octanol–water partition coefficient (Wildman–Crippen LogP) is 4.47. The fourth-order valence-corrected chi connectivity index (χ4v) is 3.22. The lowest BCUT2D eigenvalue weighted by Crippen LogP contribution is -2.10. The van der Waals surface area contributed by atoms with Gasteiger partial charge in [-0.1, -0.05) is 11.6 Å². The number of hydrogen-bond donors (Lipinski definition) is 2. The van der Waals surface area contributed by atoms with Crippen LogP contribution in [0.15, 0.2) is 47.3 Å². The van der Waals surface area contributed by atoms with Crippen LogP contribution in [0, 0.1) is 5.41 Å². The van der Waals surface area contributed by atoms with Crippen LogP contribution in [-0.2, 0) is 0 Å². The number of nitrogen functional groups attached to an aromatic ring is 1. The number of methoxy groups -OCH3 is 1. The van der Waals surface area contributed by atoms with Crippen molar-refractivity contribution in [2.24, 2.45) is 0 Å². The van der Waals surface area contributed by atoms with E-state index < -0.39 is 0 Å². The average molecular weight is 344 g/mol. The summed E-state index contributed by atoms with van der Waals surface area (Å²) >= 11 is 7.60. The third-order valence-corrected chi connectivity index (χ3v) is 4.41. The number of halogens is 1. The minimum atomic E-state index is 0.255. The molecule has 0 saturated heterocycles. The van der Waals surface area contributed by atoms with Crippen molar-refractivity contribution < 1.29 is 4.74 Å². The molecule has 3 N–H and O–H groups in total. The Morgan fingerprint density at radius 3 is 2.83 bits per heavy atom. The van der Waals surface area contributed by atoms with E-state index in [1.807, 2.05) is 22.9 Å². The fourth-order valence-electron chi connectivity index (χ4n) is 2.41. The fraction of sp³-hybridized carbons (Fsp3) is 0.0588. The second-order valence-corrected chi connectivity index (χ2v) is 6.07. The molecule has 0 radical (unpaired) electrons. The summed E-state index contributed by atoms with van der Waals surface area (Å²) in [6.45, 7) is 0. The highest BCUT2D eigenvalue weighted by Gasteiger charge is 2.19. The number of nitrogens with one attached hydrogen (secondary N) is 1. The normalized spacial score (nSPS) is 10.5. The van der Waals surface area contributed by atoms with Crippen molar-refractivity contribution >= 4 is 34.5 Å². The summed E-state index contributed by atoms with van der Waals surface area (Å²) in [5, 5.41) is 13.2. The van der Waals surface area contributed by atoms with Gasteiger partial charge in [0.05, 0.1) is 18.4 Å². The first-order chi connectivity index (χ1) is 11.1. The van der Waals surface area contributed by atoms with Crippen LogP contribution in [0.5, 0.6) is 5.75 Å². The van der Waals surface area contributed by atoms with Gasteiger partial charge in [-0.2, -0.15) is 11.3 Å². The van der Waals surface area contributed by atoms with Gasteiger partial charge in [-0.15, -0.1) is 0 Å². The molecule has 3 rings (SSSR count). The monoisotopic (exact) mass is 343 g/mol. The van der Waals surface area contributed by atoms with Crippen molar-refractivity contribution in [2.45, 2.75) is 0 Å². The van der Waals surface area contributed by atoms with Crippen molar-refractivity contribution in [3.8, 4) is 16.9 Å². The van der Waals surface area contributed by atoms with Crippen LogP contribution in [0.3, 0.4) is 0 Å². The van der Waals surface area contributed by atoms with Gasteiger partial charge >= 0.3 is 0 Å². The van der Waals surface area contributed by atoms with E-state index in [1.54, 1.807) is 42.8 Å². The molecule has 2 heterocycles. The first kappa shape index (κ1) is 15.5. The number of rotatable bonds is 4. The molecule has 116 valence electrons. The summed E-state index contributed by atoms with van der Waals surface area (Å²) in [4.78, 5) is 4.14. The number of thiophene rings is 1. The number of aromatic nitrogens is 1. The van der Waals surface area contributed by atoms with E-state index in [4.69, 9.17) is 27.5 Å². The van der Waals surface area contributed by atoms with Gasteiger partial charge in [0.2, 0.25) is 0 Å². The molecule has 23 heavy (non-hydrogen) atoms. The molecule has 6 heteroatoms. The second-order valence-electron chi connectivity index (χ2n) is 4.85. The minimum absolute atomic E-state index is 0.255. The Hall–Kier alpha value is -2.37. The van der Waals surface area contributed by atoms with Crippen molar-refractivity contribution in [1.82, 2.24) is 4.98 Å². The molecule has 0 amide bonds. The van der Waals surface area contributed by atoms with Gasteiger partial charge in [0.15, 0.2) is 0 Å². The van der Waals surface area contributed by atoms with Crippen molar-refractivity contribution in [1.29, 1.82) is 5.41 Å². The standard InChI is InChI=1S/C17H14ClN3OS/c1-22-14-8-11(18)2-3-13(14)16(19)15-12(4-6-21-17(15)20)10-5-7-23-9-10/h2-9,19H,1H3,(H2,20,21). The lowest BCUT2D eigenvalue weighted by Gasteiger charge is -2.14. The largest absolute Gasteiger partial charge is 0.496 e.